The van der Waals surface area contributed by atoms with Gasteiger partial charge in [0.2, 0.25) is 0 Å². The first kappa shape index (κ1) is 14.6. The topological polar surface area (TPSA) is 17.1 Å². The smallest absolute Gasteiger partial charge is 0.163 e. The third kappa shape index (κ3) is 3.20. The van der Waals surface area contributed by atoms with Crippen LogP contribution in [0.4, 0.5) is 0 Å². The SMILES string of the molecule is Cc1cccc(C)c1CCC(=O)c1ccccc1C=S. The third-order valence-corrected chi connectivity index (χ3v) is 3.89. The monoisotopic (exact) mass is 282 g/mol. The second-order valence-corrected chi connectivity index (χ2v) is 5.23. The maximum atomic E-state index is 12.4. The van der Waals surface area contributed by atoms with Crippen LogP contribution in [0.1, 0.15) is 39.0 Å². The van der Waals surface area contributed by atoms with E-state index in [4.69, 9.17) is 12.2 Å². The van der Waals surface area contributed by atoms with Gasteiger partial charge in [-0.2, -0.15) is 0 Å². The van der Waals surface area contributed by atoms with Crippen molar-refractivity contribution in [3.05, 3.63) is 70.3 Å². The number of carbonyl (C=O) groups is 1. The summed E-state index contributed by atoms with van der Waals surface area (Å²) in [5, 5.41) is 1.58. The van der Waals surface area contributed by atoms with Gasteiger partial charge in [-0.15, -0.1) is 0 Å². The van der Waals surface area contributed by atoms with E-state index < -0.39 is 0 Å². The van der Waals surface area contributed by atoms with Crippen LogP contribution in [0.2, 0.25) is 0 Å². The number of carbonyl (C=O) groups excluding carboxylic acids is 1. The van der Waals surface area contributed by atoms with Gasteiger partial charge in [0.15, 0.2) is 5.78 Å². The first-order valence-corrected chi connectivity index (χ1v) is 7.23. The quantitative estimate of drug-likeness (QED) is 0.594. The van der Waals surface area contributed by atoms with E-state index in [1.54, 1.807) is 5.37 Å². The number of ketones is 1. The van der Waals surface area contributed by atoms with E-state index in [1.807, 2.05) is 24.3 Å². The largest absolute Gasteiger partial charge is 0.294 e. The average molecular weight is 282 g/mol. The van der Waals surface area contributed by atoms with Crippen molar-refractivity contribution in [3.8, 4) is 0 Å². The minimum atomic E-state index is 0.157. The first-order valence-electron chi connectivity index (χ1n) is 6.76. The van der Waals surface area contributed by atoms with Gasteiger partial charge in [-0.1, -0.05) is 54.7 Å². The lowest BCUT2D eigenvalue weighted by molar-refractivity contribution is 0.0982. The van der Waals surface area contributed by atoms with Gasteiger partial charge >= 0.3 is 0 Å². The molecule has 0 spiro atoms. The highest BCUT2D eigenvalue weighted by atomic mass is 32.1. The molecule has 0 radical (unpaired) electrons. The van der Waals surface area contributed by atoms with Gasteiger partial charge in [0, 0.05) is 17.4 Å². The molecule has 0 fully saturated rings. The minimum Gasteiger partial charge on any atom is -0.294 e. The molecule has 0 unspecified atom stereocenters. The van der Waals surface area contributed by atoms with Crippen molar-refractivity contribution in [2.24, 2.45) is 0 Å². The van der Waals surface area contributed by atoms with E-state index in [2.05, 4.69) is 32.0 Å². The lowest BCUT2D eigenvalue weighted by Gasteiger charge is -2.10. The zero-order chi connectivity index (χ0) is 14.5. The van der Waals surface area contributed by atoms with Crippen LogP contribution in [0, 0.1) is 13.8 Å². The lowest BCUT2D eigenvalue weighted by Crippen LogP contribution is -2.06. The van der Waals surface area contributed by atoms with Crippen molar-refractivity contribution >= 4 is 23.4 Å². The second-order valence-electron chi connectivity index (χ2n) is 5.00. The predicted molar refractivity (Wildman–Crippen MR) is 87.8 cm³/mol. The summed E-state index contributed by atoms with van der Waals surface area (Å²) in [6.45, 7) is 4.19. The van der Waals surface area contributed by atoms with Crippen LogP contribution < -0.4 is 0 Å². The van der Waals surface area contributed by atoms with E-state index in [-0.39, 0.29) is 5.78 Å². The molecule has 0 aliphatic heterocycles. The van der Waals surface area contributed by atoms with Gasteiger partial charge in [-0.05, 0) is 42.5 Å². The molecule has 2 aromatic carbocycles. The number of thiocarbonyl (C=S) groups is 1. The van der Waals surface area contributed by atoms with Crippen molar-refractivity contribution < 1.29 is 4.79 Å². The molecule has 0 aliphatic rings. The van der Waals surface area contributed by atoms with Gasteiger partial charge in [0.05, 0.1) is 0 Å². The Bertz CT molecular complexity index is 623. The average Bonchev–Trinajstić information content (AvgIpc) is 2.46. The van der Waals surface area contributed by atoms with Crippen LogP contribution in [0.3, 0.4) is 0 Å². The van der Waals surface area contributed by atoms with Gasteiger partial charge < -0.3 is 0 Å². The van der Waals surface area contributed by atoms with E-state index >= 15 is 0 Å². The first-order chi connectivity index (χ1) is 9.63. The van der Waals surface area contributed by atoms with Crippen molar-refractivity contribution in [1.82, 2.24) is 0 Å². The van der Waals surface area contributed by atoms with Crippen LogP contribution in [0.15, 0.2) is 42.5 Å². The van der Waals surface area contributed by atoms with Crippen LogP contribution in [-0.4, -0.2) is 11.2 Å². The molecule has 0 bridgehead atoms. The molecule has 2 aromatic rings. The Morgan fingerprint density at radius 2 is 1.70 bits per heavy atom. The number of hydrogen-bond donors (Lipinski definition) is 0. The lowest BCUT2D eigenvalue weighted by atomic mass is 9.95. The molecule has 2 heteroatoms. The molecular weight excluding hydrogens is 264 g/mol. The molecular formula is C18H18OS. The van der Waals surface area contributed by atoms with Crippen molar-refractivity contribution in [1.29, 1.82) is 0 Å². The summed E-state index contributed by atoms with van der Waals surface area (Å²) in [5.74, 6) is 0.157. The van der Waals surface area contributed by atoms with Crippen LogP contribution in [0.5, 0.6) is 0 Å². The molecule has 0 N–H and O–H groups in total. The second kappa shape index (κ2) is 6.58. The molecule has 0 aliphatic carbocycles. The molecule has 0 saturated heterocycles. The molecule has 0 amide bonds. The summed E-state index contributed by atoms with van der Waals surface area (Å²) >= 11 is 4.97. The highest BCUT2D eigenvalue weighted by Crippen LogP contribution is 2.17. The van der Waals surface area contributed by atoms with Crippen molar-refractivity contribution in [2.45, 2.75) is 26.7 Å². The summed E-state index contributed by atoms with van der Waals surface area (Å²) in [6.07, 6.45) is 1.30. The molecule has 0 atom stereocenters. The zero-order valence-electron chi connectivity index (χ0n) is 11.8. The number of hydrogen-bond acceptors (Lipinski definition) is 2. The highest BCUT2D eigenvalue weighted by Gasteiger charge is 2.11. The fourth-order valence-corrected chi connectivity index (χ4v) is 2.68. The van der Waals surface area contributed by atoms with Crippen molar-refractivity contribution in [3.63, 3.8) is 0 Å². The van der Waals surface area contributed by atoms with Gasteiger partial charge in [-0.25, -0.2) is 0 Å². The Balaban J connectivity index is 2.15. The Morgan fingerprint density at radius 3 is 2.35 bits per heavy atom. The molecule has 2 rings (SSSR count). The highest BCUT2D eigenvalue weighted by molar-refractivity contribution is 7.79. The summed E-state index contributed by atoms with van der Waals surface area (Å²) in [5.41, 5.74) is 5.35. The summed E-state index contributed by atoms with van der Waals surface area (Å²) < 4.78 is 0. The van der Waals surface area contributed by atoms with E-state index in [1.165, 1.54) is 16.7 Å². The fourth-order valence-electron chi connectivity index (χ4n) is 2.47. The van der Waals surface area contributed by atoms with Gasteiger partial charge in [0.25, 0.3) is 0 Å². The van der Waals surface area contributed by atoms with Crippen molar-refractivity contribution in [2.75, 3.05) is 0 Å². The van der Waals surface area contributed by atoms with Crippen LogP contribution >= 0.6 is 12.2 Å². The standard InChI is InChI=1S/C18H18OS/c1-13-6-5-7-14(2)16(13)10-11-18(19)17-9-4-3-8-15(17)12-20/h3-9,12H,10-11H2,1-2H3. The van der Waals surface area contributed by atoms with E-state index in [9.17, 15) is 4.79 Å². The fraction of sp³-hybridized carbons (Fsp3) is 0.222. The van der Waals surface area contributed by atoms with Gasteiger partial charge in [0.1, 0.15) is 0 Å². The maximum absolute atomic E-state index is 12.4. The molecule has 0 saturated carbocycles. The van der Waals surface area contributed by atoms with Crippen LogP contribution in [-0.2, 0) is 6.42 Å². The Labute approximate surface area is 125 Å². The van der Waals surface area contributed by atoms with E-state index in [0.29, 0.717) is 6.42 Å². The van der Waals surface area contributed by atoms with Gasteiger partial charge in [-0.3, -0.25) is 4.79 Å². The number of Topliss-reactive ketones (excluding diaryl/α,β-unsaturated/α-hetero) is 1. The summed E-state index contributed by atoms with van der Waals surface area (Å²) in [6, 6.07) is 13.8. The minimum absolute atomic E-state index is 0.157. The Hall–Kier alpha value is -1.80. The van der Waals surface area contributed by atoms with E-state index in [0.717, 1.165) is 17.5 Å². The molecule has 102 valence electrons. The number of rotatable bonds is 5. The maximum Gasteiger partial charge on any atom is 0.163 e. The summed E-state index contributed by atoms with van der Waals surface area (Å²) in [4.78, 5) is 12.4. The Morgan fingerprint density at radius 1 is 1.05 bits per heavy atom. The number of aryl methyl sites for hydroxylation is 2. The zero-order valence-corrected chi connectivity index (χ0v) is 12.7. The summed E-state index contributed by atoms with van der Waals surface area (Å²) in [7, 11) is 0. The predicted octanol–water partition coefficient (Wildman–Crippen LogP) is 4.47. The molecule has 1 nitrogen and oxygen atoms in total. The third-order valence-electron chi connectivity index (χ3n) is 3.63. The molecule has 0 aromatic heterocycles. The normalized spacial score (nSPS) is 10.3. The molecule has 20 heavy (non-hydrogen) atoms. The number of benzene rings is 2. The Kier molecular flexibility index (Phi) is 4.80. The molecule has 0 heterocycles. The van der Waals surface area contributed by atoms with Crippen LogP contribution in [0.25, 0.3) is 0 Å².